The number of nitrogens with two attached hydrogens (primary N) is 1. The quantitative estimate of drug-likeness (QED) is 0.351. The van der Waals surface area contributed by atoms with Crippen LogP contribution in [0.25, 0.3) is 10.9 Å². The molecule has 0 bridgehead atoms. The van der Waals surface area contributed by atoms with Crippen LogP contribution >= 0.6 is 23.2 Å². The molecule has 180 valence electrons. The van der Waals surface area contributed by atoms with Gasteiger partial charge in [0.2, 0.25) is 5.91 Å². The predicted octanol–water partition coefficient (Wildman–Crippen LogP) is 3.23. The Balaban J connectivity index is 1.44. The first-order valence-corrected chi connectivity index (χ1v) is 12.1. The average Bonchev–Trinajstić information content (AvgIpc) is 2.80. The van der Waals surface area contributed by atoms with E-state index in [1.807, 2.05) is 17.9 Å². The van der Waals surface area contributed by atoms with Crippen LogP contribution in [0, 0.1) is 0 Å². The fourth-order valence-corrected chi connectivity index (χ4v) is 5.03. The lowest BCUT2D eigenvalue weighted by Gasteiger charge is -2.36. The lowest BCUT2D eigenvalue weighted by atomic mass is 9.93. The number of nitrogens with one attached hydrogen (secondary N) is 3. The SMILES string of the molecule is CC1c2c(Cl)cc(Cl)cc2CCN1C(=O)CNc1ccc2c(=O)[nH]c(CNCCCN)nc2c1. The number of amides is 1. The maximum Gasteiger partial charge on any atom is 0.258 e. The van der Waals surface area contributed by atoms with Crippen LogP contribution in [-0.2, 0) is 17.8 Å². The summed E-state index contributed by atoms with van der Waals surface area (Å²) >= 11 is 12.6. The van der Waals surface area contributed by atoms with Crippen LogP contribution in [-0.4, -0.2) is 47.0 Å². The van der Waals surface area contributed by atoms with E-state index in [2.05, 4.69) is 20.6 Å². The van der Waals surface area contributed by atoms with Gasteiger partial charge in [0, 0.05) is 22.3 Å². The van der Waals surface area contributed by atoms with Gasteiger partial charge in [0.1, 0.15) is 5.82 Å². The van der Waals surface area contributed by atoms with Crippen molar-refractivity contribution in [2.45, 2.75) is 32.4 Å². The highest BCUT2D eigenvalue weighted by Gasteiger charge is 2.29. The van der Waals surface area contributed by atoms with Gasteiger partial charge in [-0.15, -0.1) is 0 Å². The molecule has 34 heavy (non-hydrogen) atoms. The number of carbonyl (C=O) groups excluding carboxylic acids is 1. The second-order valence-corrected chi connectivity index (χ2v) is 9.23. The summed E-state index contributed by atoms with van der Waals surface area (Å²) in [4.78, 5) is 34.6. The van der Waals surface area contributed by atoms with E-state index in [0.717, 1.165) is 29.8 Å². The third-order valence-electron chi connectivity index (χ3n) is 6.06. The number of fused-ring (bicyclic) bond motifs is 2. The van der Waals surface area contributed by atoms with Gasteiger partial charge in [-0.3, -0.25) is 9.59 Å². The number of rotatable bonds is 8. The third-order valence-corrected chi connectivity index (χ3v) is 6.59. The summed E-state index contributed by atoms with van der Waals surface area (Å²) in [6.45, 7) is 4.49. The zero-order valence-electron chi connectivity index (χ0n) is 19.0. The number of H-pyrrole nitrogens is 1. The zero-order chi connectivity index (χ0) is 24.2. The van der Waals surface area contributed by atoms with E-state index in [1.54, 1.807) is 24.3 Å². The lowest BCUT2D eigenvalue weighted by Crippen LogP contribution is -2.41. The molecule has 0 saturated carbocycles. The Labute approximate surface area is 207 Å². The van der Waals surface area contributed by atoms with E-state index in [4.69, 9.17) is 28.9 Å². The number of halogens is 2. The summed E-state index contributed by atoms with van der Waals surface area (Å²) in [6.07, 6.45) is 1.55. The van der Waals surface area contributed by atoms with Gasteiger partial charge in [-0.05, 0) is 74.3 Å². The van der Waals surface area contributed by atoms with E-state index in [0.29, 0.717) is 52.8 Å². The van der Waals surface area contributed by atoms with Crippen molar-refractivity contribution >= 4 is 45.7 Å². The van der Waals surface area contributed by atoms with Gasteiger partial charge in [0.15, 0.2) is 0 Å². The van der Waals surface area contributed by atoms with Crippen molar-refractivity contribution in [2.75, 3.05) is 31.5 Å². The van der Waals surface area contributed by atoms with Crippen molar-refractivity contribution in [2.24, 2.45) is 5.73 Å². The summed E-state index contributed by atoms with van der Waals surface area (Å²) in [5.74, 6) is 0.522. The number of nitrogens with zero attached hydrogens (tertiary/aromatic N) is 2. The van der Waals surface area contributed by atoms with Crippen molar-refractivity contribution in [1.82, 2.24) is 20.2 Å². The molecule has 1 unspecified atom stereocenters. The van der Waals surface area contributed by atoms with Crippen molar-refractivity contribution in [1.29, 1.82) is 0 Å². The summed E-state index contributed by atoms with van der Waals surface area (Å²) in [5, 5.41) is 8.07. The molecule has 0 saturated heterocycles. The highest BCUT2D eigenvalue weighted by molar-refractivity contribution is 6.35. The molecule has 2 aromatic carbocycles. The Kier molecular flexibility index (Phi) is 7.73. The Morgan fingerprint density at radius 3 is 2.91 bits per heavy atom. The minimum atomic E-state index is -0.193. The molecule has 1 aliphatic rings. The topological polar surface area (TPSA) is 116 Å². The lowest BCUT2D eigenvalue weighted by molar-refractivity contribution is -0.131. The van der Waals surface area contributed by atoms with Crippen LogP contribution < -0.4 is 21.9 Å². The molecule has 1 atom stereocenters. The van der Waals surface area contributed by atoms with Gasteiger partial charge in [-0.1, -0.05) is 23.2 Å². The van der Waals surface area contributed by atoms with Crippen molar-refractivity contribution < 1.29 is 4.79 Å². The molecule has 0 spiro atoms. The molecule has 5 N–H and O–H groups in total. The molecule has 0 aliphatic carbocycles. The van der Waals surface area contributed by atoms with Crippen LogP contribution in [0.2, 0.25) is 10.0 Å². The van der Waals surface area contributed by atoms with E-state index in [-0.39, 0.29) is 24.1 Å². The second kappa shape index (κ2) is 10.7. The predicted molar refractivity (Wildman–Crippen MR) is 137 cm³/mol. The monoisotopic (exact) mass is 502 g/mol. The maximum absolute atomic E-state index is 13.0. The number of aromatic amines is 1. The molecule has 4 rings (SSSR count). The van der Waals surface area contributed by atoms with E-state index in [1.165, 1.54) is 0 Å². The summed E-state index contributed by atoms with van der Waals surface area (Å²) in [6, 6.07) is 8.77. The Morgan fingerprint density at radius 1 is 1.29 bits per heavy atom. The molecule has 10 heteroatoms. The zero-order valence-corrected chi connectivity index (χ0v) is 20.5. The van der Waals surface area contributed by atoms with Gasteiger partial charge >= 0.3 is 0 Å². The van der Waals surface area contributed by atoms with Gasteiger partial charge in [0.05, 0.1) is 30.0 Å². The van der Waals surface area contributed by atoms with Crippen molar-refractivity contribution in [3.8, 4) is 0 Å². The molecular formula is C24H28Cl2N6O2. The van der Waals surface area contributed by atoms with Crippen molar-refractivity contribution in [3.63, 3.8) is 0 Å². The normalized spacial score (nSPS) is 15.4. The standard InChI is InChI=1S/C24H28Cl2N6O2/c1-14-23-15(9-16(25)10-19(23)26)5-8-32(14)22(33)13-29-17-3-4-18-20(11-17)30-21(31-24(18)34)12-28-7-2-6-27/h3-4,9-11,14,28-29H,2,5-8,12-13,27H2,1H3,(H,30,31,34). The minimum Gasteiger partial charge on any atom is -0.376 e. The molecule has 1 aliphatic heterocycles. The molecule has 3 aromatic rings. The summed E-state index contributed by atoms with van der Waals surface area (Å²) in [7, 11) is 0. The first-order chi connectivity index (χ1) is 16.4. The maximum atomic E-state index is 13.0. The van der Waals surface area contributed by atoms with Crippen LogP contribution in [0.4, 0.5) is 5.69 Å². The first kappa shape index (κ1) is 24.5. The Morgan fingerprint density at radius 2 is 2.12 bits per heavy atom. The Bertz CT molecular complexity index is 1260. The second-order valence-electron chi connectivity index (χ2n) is 8.39. The van der Waals surface area contributed by atoms with Gasteiger partial charge in [-0.25, -0.2) is 4.98 Å². The van der Waals surface area contributed by atoms with Gasteiger partial charge < -0.3 is 26.3 Å². The van der Waals surface area contributed by atoms with Gasteiger partial charge in [-0.2, -0.15) is 0 Å². The number of hydrogen-bond donors (Lipinski definition) is 4. The number of carbonyl (C=O) groups is 1. The fourth-order valence-electron chi connectivity index (χ4n) is 4.34. The molecule has 1 aromatic heterocycles. The van der Waals surface area contributed by atoms with E-state index < -0.39 is 0 Å². The highest BCUT2D eigenvalue weighted by atomic mass is 35.5. The van der Waals surface area contributed by atoms with Crippen LogP contribution in [0.3, 0.4) is 0 Å². The van der Waals surface area contributed by atoms with Crippen LogP contribution in [0.5, 0.6) is 0 Å². The van der Waals surface area contributed by atoms with E-state index in [9.17, 15) is 9.59 Å². The minimum absolute atomic E-state index is 0.0343. The third kappa shape index (κ3) is 5.36. The molecule has 0 fully saturated rings. The summed E-state index contributed by atoms with van der Waals surface area (Å²) < 4.78 is 0. The average molecular weight is 503 g/mol. The van der Waals surface area contributed by atoms with Gasteiger partial charge in [0.25, 0.3) is 5.56 Å². The fraction of sp³-hybridized carbons (Fsp3) is 0.375. The number of benzene rings is 2. The van der Waals surface area contributed by atoms with Crippen LogP contribution in [0.15, 0.2) is 35.1 Å². The molecule has 2 heterocycles. The molecule has 0 radical (unpaired) electrons. The Hall–Kier alpha value is -2.65. The number of hydrogen-bond acceptors (Lipinski definition) is 6. The smallest absolute Gasteiger partial charge is 0.258 e. The molecule has 8 nitrogen and oxygen atoms in total. The molecule has 1 amide bonds. The number of anilines is 1. The number of aromatic nitrogens is 2. The first-order valence-electron chi connectivity index (χ1n) is 11.3. The van der Waals surface area contributed by atoms with Crippen LogP contribution in [0.1, 0.15) is 36.3 Å². The molecular weight excluding hydrogens is 475 g/mol. The summed E-state index contributed by atoms with van der Waals surface area (Å²) in [5.41, 5.74) is 8.63. The largest absolute Gasteiger partial charge is 0.376 e. The van der Waals surface area contributed by atoms with Crippen molar-refractivity contribution in [3.05, 3.63) is 67.7 Å². The highest BCUT2D eigenvalue weighted by Crippen LogP contribution is 2.36. The van der Waals surface area contributed by atoms with E-state index >= 15 is 0 Å².